The molecule has 8 heteroatoms. The number of carbonyl (C=O) groups excluding carboxylic acids is 1. The first-order valence-electron chi connectivity index (χ1n) is 12.9. The number of rotatable bonds is 10. The van der Waals surface area contributed by atoms with Crippen LogP contribution in [0.25, 0.3) is 11.3 Å². The summed E-state index contributed by atoms with van der Waals surface area (Å²) in [6.07, 6.45) is 0.768. The molecule has 1 unspecified atom stereocenters. The van der Waals surface area contributed by atoms with Crippen molar-refractivity contribution >= 4 is 40.1 Å². The summed E-state index contributed by atoms with van der Waals surface area (Å²) in [5, 5.41) is 12.6. The average Bonchev–Trinajstić information content (AvgIpc) is 3.30. The third-order valence-electron chi connectivity index (χ3n) is 6.80. The van der Waals surface area contributed by atoms with E-state index in [2.05, 4.69) is 34.6 Å². The van der Waals surface area contributed by atoms with Crippen molar-refractivity contribution in [3.05, 3.63) is 106 Å². The van der Waals surface area contributed by atoms with Crippen molar-refractivity contribution in [2.24, 2.45) is 0 Å². The van der Waals surface area contributed by atoms with Crippen LogP contribution in [0.2, 0.25) is 4.34 Å². The Bertz CT molecular complexity index is 1350. The van der Waals surface area contributed by atoms with Crippen LogP contribution in [-0.2, 0) is 4.79 Å². The number of amides is 2. The third-order valence-corrected chi connectivity index (χ3v) is 7.97. The Morgan fingerprint density at radius 1 is 0.897 bits per heavy atom. The first-order valence-corrected chi connectivity index (χ1v) is 14.1. The summed E-state index contributed by atoms with van der Waals surface area (Å²) in [7, 11) is 0. The maximum absolute atomic E-state index is 13.4. The highest BCUT2D eigenvalue weighted by Crippen LogP contribution is 2.36. The van der Waals surface area contributed by atoms with Crippen molar-refractivity contribution in [2.75, 3.05) is 11.9 Å². The van der Waals surface area contributed by atoms with Crippen molar-refractivity contribution in [1.82, 2.24) is 9.88 Å². The van der Waals surface area contributed by atoms with Gasteiger partial charge in [0.25, 0.3) is 0 Å². The molecule has 0 saturated heterocycles. The molecule has 2 N–H and O–H groups in total. The van der Waals surface area contributed by atoms with Gasteiger partial charge in [0.2, 0.25) is 0 Å². The molecule has 4 rings (SSSR count). The predicted molar refractivity (Wildman–Crippen MR) is 159 cm³/mol. The number of hydrogen-bond donors (Lipinski definition) is 2. The molecule has 0 fully saturated rings. The van der Waals surface area contributed by atoms with Crippen LogP contribution in [0.15, 0.2) is 84.9 Å². The van der Waals surface area contributed by atoms with E-state index in [1.807, 2.05) is 55.1 Å². The number of aliphatic carboxylic acids is 1. The predicted octanol–water partition coefficient (Wildman–Crippen LogP) is 8.12. The van der Waals surface area contributed by atoms with Gasteiger partial charge < -0.3 is 10.0 Å². The van der Waals surface area contributed by atoms with E-state index in [-0.39, 0.29) is 18.0 Å². The van der Waals surface area contributed by atoms with E-state index in [0.717, 1.165) is 12.0 Å². The van der Waals surface area contributed by atoms with Crippen LogP contribution in [0.4, 0.5) is 9.93 Å². The van der Waals surface area contributed by atoms with Gasteiger partial charge in [-0.3, -0.25) is 10.1 Å². The molecule has 39 heavy (non-hydrogen) atoms. The molecule has 1 aromatic heterocycles. The van der Waals surface area contributed by atoms with Gasteiger partial charge in [-0.15, -0.1) is 0 Å². The Kier molecular flexibility index (Phi) is 9.38. The number of benzene rings is 3. The summed E-state index contributed by atoms with van der Waals surface area (Å²) in [5.74, 6) is -1.33. The zero-order chi connectivity index (χ0) is 27.9. The third kappa shape index (κ3) is 7.05. The SMILES string of the molecule is CC(C(=O)O)c1ccc(-c2nc(NC(=O)N(CCC(c3ccccc3)c3ccccc3)C(C)C)sc2Cl)cc1. The normalized spacial score (nSPS) is 11.9. The molecule has 0 saturated carbocycles. The van der Waals surface area contributed by atoms with E-state index >= 15 is 0 Å². The zero-order valence-corrected chi connectivity index (χ0v) is 23.7. The minimum absolute atomic E-state index is 0.0177. The van der Waals surface area contributed by atoms with Crippen molar-refractivity contribution in [1.29, 1.82) is 0 Å². The number of halogens is 1. The lowest BCUT2D eigenvalue weighted by Gasteiger charge is -2.29. The summed E-state index contributed by atoms with van der Waals surface area (Å²) < 4.78 is 0.452. The van der Waals surface area contributed by atoms with E-state index in [1.165, 1.54) is 22.5 Å². The van der Waals surface area contributed by atoms with Gasteiger partial charge in [0, 0.05) is 24.1 Å². The number of aromatic nitrogens is 1. The number of carboxylic acid groups (broad SMARTS) is 1. The highest BCUT2D eigenvalue weighted by Gasteiger charge is 2.23. The summed E-state index contributed by atoms with van der Waals surface area (Å²) in [6.45, 7) is 6.20. The lowest BCUT2D eigenvalue weighted by atomic mass is 9.88. The molecule has 0 spiro atoms. The number of nitrogens with zero attached hydrogens (tertiary/aromatic N) is 2. The zero-order valence-electron chi connectivity index (χ0n) is 22.2. The first-order chi connectivity index (χ1) is 18.7. The monoisotopic (exact) mass is 561 g/mol. The van der Waals surface area contributed by atoms with E-state index < -0.39 is 11.9 Å². The topological polar surface area (TPSA) is 82.5 Å². The van der Waals surface area contributed by atoms with Crippen LogP contribution in [0.5, 0.6) is 0 Å². The van der Waals surface area contributed by atoms with Gasteiger partial charge >= 0.3 is 12.0 Å². The average molecular weight is 562 g/mol. The van der Waals surface area contributed by atoms with E-state index in [9.17, 15) is 14.7 Å². The van der Waals surface area contributed by atoms with Crippen molar-refractivity contribution in [3.63, 3.8) is 0 Å². The number of thiazole rings is 1. The van der Waals surface area contributed by atoms with Crippen molar-refractivity contribution in [2.45, 2.75) is 45.1 Å². The second-order valence-electron chi connectivity index (χ2n) is 9.70. The highest BCUT2D eigenvalue weighted by molar-refractivity contribution is 7.20. The standard InChI is InChI=1S/C31H32ClN3O3S/c1-20(2)35(19-18-26(23-10-6-4-7-11-23)24-12-8-5-9-13-24)31(38)34-30-33-27(28(32)39-30)25-16-14-22(15-17-25)21(3)29(36)37/h4-17,20-21,26H,18-19H2,1-3H3,(H,36,37)(H,33,34,38). The van der Waals surface area contributed by atoms with Crippen LogP contribution in [0.1, 0.15) is 55.7 Å². The fraction of sp³-hybridized carbons (Fsp3) is 0.258. The van der Waals surface area contributed by atoms with Gasteiger partial charge in [-0.2, -0.15) is 0 Å². The molecule has 2 amide bonds. The van der Waals surface area contributed by atoms with Crippen LogP contribution >= 0.6 is 22.9 Å². The summed E-state index contributed by atoms with van der Waals surface area (Å²) in [6, 6.07) is 27.6. The minimum Gasteiger partial charge on any atom is -0.481 e. The second kappa shape index (κ2) is 12.9. The first kappa shape index (κ1) is 28.3. The molecule has 0 aliphatic heterocycles. The Morgan fingerprint density at radius 2 is 1.46 bits per heavy atom. The molecular formula is C31H32ClN3O3S. The van der Waals surface area contributed by atoms with Gasteiger partial charge in [0.05, 0.1) is 5.92 Å². The largest absolute Gasteiger partial charge is 0.481 e. The van der Waals surface area contributed by atoms with Gasteiger partial charge in [-0.05, 0) is 43.9 Å². The van der Waals surface area contributed by atoms with Gasteiger partial charge in [-0.25, -0.2) is 9.78 Å². The summed E-state index contributed by atoms with van der Waals surface area (Å²) >= 11 is 7.69. The van der Waals surface area contributed by atoms with E-state index in [4.69, 9.17) is 11.6 Å². The highest BCUT2D eigenvalue weighted by atomic mass is 35.5. The van der Waals surface area contributed by atoms with Crippen LogP contribution in [-0.4, -0.2) is 39.6 Å². The van der Waals surface area contributed by atoms with Gasteiger partial charge in [-0.1, -0.05) is 108 Å². The van der Waals surface area contributed by atoms with Gasteiger partial charge in [0.1, 0.15) is 10.0 Å². The van der Waals surface area contributed by atoms with Crippen LogP contribution in [0.3, 0.4) is 0 Å². The fourth-order valence-corrected chi connectivity index (χ4v) is 5.60. The molecule has 6 nitrogen and oxygen atoms in total. The second-order valence-corrected chi connectivity index (χ2v) is 11.3. The Morgan fingerprint density at radius 3 is 1.97 bits per heavy atom. The molecule has 1 atom stereocenters. The Balaban J connectivity index is 1.47. The Labute approximate surface area is 238 Å². The summed E-state index contributed by atoms with van der Waals surface area (Å²) in [5.41, 5.74) is 4.44. The molecule has 4 aromatic rings. The fourth-order valence-electron chi connectivity index (χ4n) is 4.53. The number of urea groups is 1. The minimum atomic E-state index is -0.881. The molecule has 0 aliphatic carbocycles. The number of carbonyl (C=O) groups is 2. The lowest BCUT2D eigenvalue weighted by molar-refractivity contribution is -0.138. The van der Waals surface area contributed by atoms with Crippen molar-refractivity contribution in [3.8, 4) is 11.3 Å². The number of carboxylic acids is 1. The van der Waals surface area contributed by atoms with Crippen LogP contribution in [0, 0.1) is 0 Å². The molecular weight excluding hydrogens is 530 g/mol. The lowest BCUT2D eigenvalue weighted by Crippen LogP contribution is -2.41. The molecule has 0 aliphatic rings. The maximum Gasteiger partial charge on any atom is 0.323 e. The number of nitrogens with one attached hydrogen (secondary N) is 1. The molecule has 0 radical (unpaired) electrons. The molecule has 3 aromatic carbocycles. The number of anilines is 1. The van der Waals surface area contributed by atoms with Crippen molar-refractivity contribution < 1.29 is 14.7 Å². The molecule has 202 valence electrons. The van der Waals surface area contributed by atoms with Gasteiger partial charge in [0.15, 0.2) is 5.13 Å². The Hall–Kier alpha value is -3.68. The van der Waals surface area contributed by atoms with Crippen LogP contribution < -0.4 is 5.32 Å². The molecule has 1 heterocycles. The van der Waals surface area contributed by atoms with E-state index in [0.29, 0.717) is 27.3 Å². The quantitative estimate of drug-likeness (QED) is 0.205. The van der Waals surface area contributed by atoms with E-state index in [1.54, 1.807) is 31.2 Å². The summed E-state index contributed by atoms with van der Waals surface area (Å²) in [4.78, 5) is 31.0. The maximum atomic E-state index is 13.4. The molecule has 0 bridgehead atoms. The smallest absolute Gasteiger partial charge is 0.323 e. The number of hydrogen-bond acceptors (Lipinski definition) is 4.